The number of carbonyl (C=O) groups excluding carboxylic acids is 1. The molecule has 0 unspecified atom stereocenters. The molecular formula is C13H18N2O2. The molecule has 1 aromatic carbocycles. The maximum absolute atomic E-state index is 11.8. The van der Waals surface area contributed by atoms with Crippen LogP contribution >= 0.6 is 0 Å². The second-order valence-corrected chi connectivity index (χ2v) is 4.54. The molecule has 1 fully saturated rings. The Morgan fingerprint density at radius 2 is 2.29 bits per heavy atom. The number of aryl methyl sites for hydroxylation is 1. The number of nitrogens with zero attached hydrogens (tertiary/aromatic N) is 1. The number of anilines is 1. The second kappa shape index (κ2) is 5.29. The predicted octanol–water partition coefficient (Wildman–Crippen LogP) is 1.00. The summed E-state index contributed by atoms with van der Waals surface area (Å²) in [5.74, 6) is -0.0200. The average Bonchev–Trinajstić information content (AvgIpc) is 2.67. The largest absolute Gasteiger partial charge is 0.392 e. The Bertz CT molecular complexity index is 406. The lowest BCUT2D eigenvalue weighted by atomic mass is 10.2. The van der Waals surface area contributed by atoms with E-state index in [9.17, 15) is 9.90 Å². The SMILES string of the molecule is Cc1ccccc1NC(=O)CN1CC[C@@H](O)C1. The van der Waals surface area contributed by atoms with E-state index >= 15 is 0 Å². The number of aliphatic hydroxyl groups is 1. The van der Waals surface area contributed by atoms with E-state index in [1.165, 1.54) is 0 Å². The first-order valence-electron chi connectivity index (χ1n) is 5.91. The van der Waals surface area contributed by atoms with Crippen molar-refractivity contribution in [3.05, 3.63) is 29.8 Å². The van der Waals surface area contributed by atoms with Crippen LogP contribution in [0.4, 0.5) is 5.69 Å². The lowest BCUT2D eigenvalue weighted by Crippen LogP contribution is -2.32. The number of hydrogen-bond donors (Lipinski definition) is 2. The van der Waals surface area contributed by atoms with Gasteiger partial charge in [-0.15, -0.1) is 0 Å². The maximum Gasteiger partial charge on any atom is 0.238 e. The number of rotatable bonds is 3. The molecule has 1 saturated heterocycles. The first-order chi connectivity index (χ1) is 8.15. The molecule has 92 valence electrons. The van der Waals surface area contributed by atoms with Crippen LogP contribution in [0.1, 0.15) is 12.0 Å². The number of benzene rings is 1. The van der Waals surface area contributed by atoms with Crippen LogP contribution in [-0.2, 0) is 4.79 Å². The number of carbonyl (C=O) groups is 1. The van der Waals surface area contributed by atoms with E-state index in [0.29, 0.717) is 13.1 Å². The van der Waals surface area contributed by atoms with E-state index in [0.717, 1.165) is 24.2 Å². The molecule has 0 spiro atoms. The predicted molar refractivity (Wildman–Crippen MR) is 66.9 cm³/mol. The second-order valence-electron chi connectivity index (χ2n) is 4.54. The Labute approximate surface area is 101 Å². The van der Waals surface area contributed by atoms with Crippen LogP contribution < -0.4 is 5.32 Å². The van der Waals surface area contributed by atoms with Crippen LogP contribution in [0.3, 0.4) is 0 Å². The Morgan fingerprint density at radius 1 is 1.53 bits per heavy atom. The molecule has 17 heavy (non-hydrogen) atoms. The van der Waals surface area contributed by atoms with E-state index in [1.807, 2.05) is 36.1 Å². The summed E-state index contributed by atoms with van der Waals surface area (Å²) in [7, 11) is 0. The van der Waals surface area contributed by atoms with Crippen LogP contribution in [0.5, 0.6) is 0 Å². The van der Waals surface area contributed by atoms with Gasteiger partial charge in [0, 0.05) is 18.8 Å². The Balaban J connectivity index is 1.87. The van der Waals surface area contributed by atoms with Gasteiger partial charge < -0.3 is 10.4 Å². The fourth-order valence-corrected chi connectivity index (χ4v) is 2.06. The molecule has 0 radical (unpaired) electrons. The normalized spacial score (nSPS) is 20.5. The first-order valence-corrected chi connectivity index (χ1v) is 5.91. The highest BCUT2D eigenvalue weighted by atomic mass is 16.3. The molecule has 1 heterocycles. The molecule has 0 aliphatic carbocycles. The molecule has 1 amide bonds. The van der Waals surface area contributed by atoms with Crippen molar-refractivity contribution in [3.8, 4) is 0 Å². The molecule has 1 aliphatic rings. The molecule has 1 atom stereocenters. The van der Waals surface area contributed by atoms with Gasteiger partial charge in [-0.2, -0.15) is 0 Å². The van der Waals surface area contributed by atoms with Gasteiger partial charge in [0.05, 0.1) is 12.6 Å². The first kappa shape index (κ1) is 12.1. The molecule has 4 heteroatoms. The van der Waals surface area contributed by atoms with Crippen LogP contribution in [0.15, 0.2) is 24.3 Å². The fourth-order valence-electron chi connectivity index (χ4n) is 2.06. The molecule has 1 aliphatic heterocycles. The number of amides is 1. The third-order valence-electron chi connectivity index (χ3n) is 3.03. The number of likely N-dealkylation sites (tertiary alicyclic amines) is 1. The maximum atomic E-state index is 11.8. The summed E-state index contributed by atoms with van der Waals surface area (Å²) in [5, 5.41) is 12.3. The summed E-state index contributed by atoms with van der Waals surface area (Å²) in [4.78, 5) is 13.8. The quantitative estimate of drug-likeness (QED) is 0.820. The number of hydrogen-bond acceptors (Lipinski definition) is 3. The van der Waals surface area contributed by atoms with Gasteiger partial charge in [-0.25, -0.2) is 0 Å². The Morgan fingerprint density at radius 3 is 2.94 bits per heavy atom. The molecule has 2 N–H and O–H groups in total. The van der Waals surface area contributed by atoms with Crippen molar-refractivity contribution in [2.75, 3.05) is 25.0 Å². The number of para-hydroxylation sites is 1. The summed E-state index contributed by atoms with van der Waals surface area (Å²) in [6.07, 6.45) is 0.485. The van der Waals surface area contributed by atoms with Crippen molar-refractivity contribution >= 4 is 11.6 Å². The van der Waals surface area contributed by atoms with Crippen molar-refractivity contribution in [2.45, 2.75) is 19.4 Å². The highest BCUT2D eigenvalue weighted by molar-refractivity contribution is 5.92. The molecule has 4 nitrogen and oxygen atoms in total. The fraction of sp³-hybridized carbons (Fsp3) is 0.462. The van der Waals surface area contributed by atoms with Gasteiger partial charge in [0.15, 0.2) is 0 Å². The zero-order chi connectivity index (χ0) is 12.3. The van der Waals surface area contributed by atoms with Gasteiger partial charge in [-0.1, -0.05) is 18.2 Å². The number of aliphatic hydroxyl groups excluding tert-OH is 1. The Kier molecular flexibility index (Phi) is 3.76. The summed E-state index contributed by atoms with van der Waals surface area (Å²) < 4.78 is 0. The van der Waals surface area contributed by atoms with Crippen molar-refractivity contribution in [2.24, 2.45) is 0 Å². The highest BCUT2D eigenvalue weighted by Crippen LogP contribution is 2.13. The van der Waals surface area contributed by atoms with Crippen LogP contribution in [-0.4, -0.2) is 41.7 Å². The molecule has 2 rings (SSSR count). The standard InChI is InChI=1S/C13H18N2O2/c1-10-4-2-3-5-12(10)14-13(17)9-15-7-6-11(16)8-15/h2-5,11,16H,6-9H2,1H3,(H,14,17)/t11-/m1/s1. The molecule has 0 bridgehead atoms. The molecule has 1 aromatic rings. The van der Waals surface area contributed by atoms with E-state index < -0.39 is 0 Å². The van der Waals surface area contributed by atoms with Gasteiger partial charge >= 0.3 is 0 Å². The van der Waals surface area contributed by atoms with Gasteiger partial charge in [-0.05, 0) is 25.0 Å². The van der Waals surface area contributed by atoms with Crippen molar-refractivity contribution in [3.63, 3.8) is 0 Å². The minimum atomic E-state index is -0.277. The van der Waals surface area contributed by atoms with Gasteiger partial charge in [-0.3, -0.25) is 9.69 Å². The lowest BCUT2D eigenvalue weighted by Gasteiger charge is -2.15. The van der Waals surface area contributed by atoms with Crippen molar-refractivity contribution < 1.29 is 9.90 Å². The van der Waals surface area contributed by atoms with Gasteiger partial charge in [0.1, 0.15) is 0 Å². The van der Waals surface area contributed by atoms with Crippen LogP contribution in [0, 0.1) is 6.92 Å². The minimum Gasteiger partial charge on any atom is -0.392 e. The number of β-amino-alcohol motifs (C(OH)–C–C–N with tert-alkyl or cyclic N) is 1. The summed E-state index contributed by atoms with van der Waals surface area (Å²) in [5.41, 5.74) is 1.92. The zero-order valence-corrected chi connectivity index (χ0v) is 10.0. The molecule has 0 saturated carbocycles. The summed E-state index contributed by atoms with van der Waals surface area (Å²) in [6.45, 7) is 3.71. The van der Waals surface area contributed by atoms with E-state index in [2.05, 4.69) is 5.32 Å². The zero-order valence-electron chi connectivity index (χ0n) is 10.0. The molecule has 0 aromatic heterocycles. The van der Waals surface area contributed by atoms with Crippen LogP contribution in [0.2, 0.25) is 0 Å². The minimum absolute atomic E-state index is 0.0200. The lowest BCUT2D eigenvalue weighted by molar-refractivity contribution is -0.117. The van der Waals surface area contributed by atoms with Crippen molar-refractivity contribution in [1.82, 2.24) is 4.90 Å². The topological polar surface area (TPSA) is 52.6 Å². The summed E-state index contributed by atoms with van der Waals surface area (Å²) in [6, 6.07) is 7.71. The highest BCUT2D eigenvalue weighted by Gasteiger charge is 2.21. The van der Waals surface area contributed by atoms with E-state index in [1.54, 1.807) is 0 Å². The summed E-state index contributed by atoms with van der Waals surface area (Å²) >= 11 is 0. The third-order valence-corrected chi connectivity index (χ3v) is 3.03. The van der Waals surface area contributed by atoms with Crippen LogP contribution in [0.25, 0.3) is 0 Å². The van der Waals surface area contributed by atoms with Gasteiger partial charge in [0.2, 0.25) is 5.91 Å². The third kappa shape index (κ3) is 3.28. The van der Waals surface area contributed by atoms with Crippen molar-refractivity contribution in [1.29, 1.82) is 0 Å². The Hall–Kier alpha value is -1.39. The monoisotopic (exact) mass is 234 g/mol. The van der Waals surface area contributed by atoms with Gasteiger partial charge in [0.25, 0.3) is 0 Å². The number of nitrogens with one attached hydrogen (secondary N) is 1. The van der Waals surface area contributed by atoms with E-state index in [4.69, 9.17) is 0 Å². The smallest absolute Gasteiger partial charge is 0.238 e. The molecular weight excluding hydrogens is 216 g/mol. The van der Waals surface area contributed by atoms with E-state index in [-0.39, 0.29) is 12.0 Å². The average molecular weight is 234 g/mol.